The molecule has 0 fully saturated rings. The molecule has 4 nitrogen and oxygen atoms in total. The lowest BCUT2D eigenvalue weighted by Gasteiger charge is -2.43. The molecular formula is C47H47BN2O2. The van der Waals surface area contributed by atoms with Crippen LogP contribution in [0.25, 0.3) is 22.1 Å². The van der Waals surface area contributed by atoms with Crippen LogP contribution in [-0.4, -0.2) is 6.71 Å². The third kappa shape index (κ3) is 4.88. The average Bonchev–Trinajstić information content (AvgIpc) is 3.63. The van der Waals surface area contributed by atoms with E-state index in [9.17, 15) is 0 Å². The standard InChI is InChI=1S/C47H47BN2O2/c1-28-25-37-41-38(26-28)50(33-22-17-30(18-23-33)46(5,6)7)43-42(40-34-13-11-12-14-39(34)51-44(40)52-43)48(41)35-27-31(47(8,9)10)19-24-36(35)49(37)32-20-15-29(16-21-32)45(2,3)4/h11-27H,1-10H3. The first-order chi connectivity index (χ1) is 24.6. The number of benzene rings is 5. The molecule has 0 aliphatic carbocycles. The van der Waals surface area contributed by atoms with Crippen molar-refractivity contribution < 1.29 is 8.83 Å². The highest BCUT2D eigenvalue weighted by molar-refractivity contribution is 7.01. The van der Waals surface area contributed by atoms with E-state index in [0.717, 1.165) is 44.8 Å². The Kier molecular flexibility index (Phi) is 6.88. The summed E-state index contributed by atoms with van der Waals surface area (Å²) in [7, 11) is 0. The Bertz CT molecular complexity index is 2520. The highest BCUT2D eigenvalue weighted by atomic mass is 16.5. The summed E-state index contributed by atoms with van der Waals surface area (Å²) < 4.78 is 13.5. The molecule has 9 rings (SSSR count). The van der Waals surface area contributed by atoms with Crippen molar-refractivity contribution in [2.75, 3.05) is 9.80 Å². The predicted octanol–water partition coefficient (Wildman–Crippen LogP) is 11.5. The van der Waals surface area contributed by atoms with Gasteiger partial charge in [-0.2, -0.15) is 0 Å². The number of rotatable bonds is 2. The summed E-state index contributed by atoms with van der Waals surface area (Å²) in [5.41, 5.74) is 15.5. The second-order valence-electron chi connectivity index (χ2n) is 18.0. The van der Waals surface area contributed by atoms with Crippen LogP contribution in [0.4, 0.5) is 34.3 Å². The molecule has 2 aromatic heterocycles. The number of aryl methyl sites for hydroxylation is 1. The highest BCUT2D eigenvalue weighted by Gasteiger charge is 2.47. The lowest BCUT2D eigenvalue weighted by atomic mass is 9.33. The minimum Gasteiger partial charge on any atom is -0.425 e. The molecular weight excluding hydrogens is 635 g/mol. The number of hydrogen-bond donors (Lipinski definition) is 0. The number of hydrogen-bond acceptors (Lipinski definition) is 4. The van der Waals surface area contributed by atoms with Gasteiger partial charge >= 0.3 is 0 Å². The van der Waals surface area contributed by atoms with E-state index >= 15 is 0 Å². The lowest BCUT2D eigenvalue weighted by molar-refractivity contribution is 0.505. The first kappa shape index (κ1) is 32.7. The van der Waals surface area contributed by atoms with Gasteiger partial charge in [-0.15, -0.1) is 0 Å². The number of nitrogens with zero attached hydrogens (tertiary/aromatic N) is 2. The first-order valence-electron chi connectivity index (χ1n) is 18.6. The van der Waals surface area contributed by atoms with Crippen LogP contribution >= 0.6 is 0 Å². The third-order valence-corrected chi connectivity index (χ3v) is 11.2. The van der Waals surface area contributed by atoms with Gasteiger partial charge in [0.15, 0.2) is 0 Å². The van der Waals surface area contributed by atoms with Gasteiger partial charge in [-0.3, -0.25) is 4.90 Å². The van der Waals surface area contributed by atoms with E-state index in [1.54, 1.807) is 0 Å². The second kappa shape index (κ2) is 10.9. The molecule has 0 atom stereocenters. The zero-order valence-corrected chi connectivity index (χ0v) is 32.1. The minimum atomic E-state index is -0.0737. The summed E-state index contributed by atoms with van der Waals surface area (Å²) in [6.07, 6.45) is 0. The number of anilines is 6. The summed E-state index contributed by atoms with van der Waals surface area (Å²) in [4.78, 5) is 4.83. The fourth-order valence-corrected chi connectivity index (χ4v) is 8.36. The summed E-state index contributed by atoms with van der Waals surface area (Å²) in [6.45, 7) is 22.7. The van der Waals surface area contributed by atoms with E-state index in [2.05, 4.69) is 170 Å². The summed E-state index contributed by atoms with van der Waals surface area (Å²) in [5, 5.41) is 2.13. The number of furan rings is 2. The maximum atomic E-state index is 6.95. The van der Waals surface area contributed by atoms with Crippen LogP contribution < -0.4 is 26.2 Å². The molecule has 4 heterocycles. The molecule has 52 heavy (non-hydrogen) atoms. The van der Waals surface area contributed by atoms with Gasteiger partial charge in [-0.25, -0.2) is 0 Å². The summed E-state index contributed by atoms with van der Waals surface area (Å²) in [6, 6.07) is 38.4. The van der Waals surface area contributed by atoms with E-state index in [-0.39, 0.29) is 23.0 Å². The SMILES string of the molecule is Cc1cc2c3c(c1)N(c1ccc(C(C)(C)C)cc1)c1oc4oc5ccccc5c4c1B3c1cc(C(C)(C)C)ccc1N2c1ccc(C(C)(C)C)cc1. The van der Waals surface area contributed by atoms with Gasteiger partial charge in [-0.05, 0) is 105 Å². The fourth-order valence-electron chi connectivity index (χ4n) is 8.36. The van der Waals surface area contributed by atoms with Crippen molar-refractivity contribution in [1.82, 2.24) is 0 Å². The van der Waals surface area contributed by atoms with Crippen molar-refractivity contribution in [3.63, 3.8) is 0 Å². The van der Waals surface area contributed by atoms with Gasteiger partial charge < -0.3 is 13.7 Å². The molecule has 0 spiro atoms. The van der Waals surface area contributed by atoms with Gasteiger partial charge in [0.25, 0.3) is 12.5 Å². The normalized spacial score (nSPS) is 14.2. The van der Waals surface area contributed by atoms with Gasteiger partial charge in [0, 0.05) is 39.3 Å². The van der Waals surface area contributed by atoms with Crippen molar-refractivity contribution in [3.8, 4) is 0 Å². The zero-order valence-electron chi connectivity index (χ0n) is 32.1. The Hall–Kier alpha value is -5.16. The van der Waals surface area contributed by atoms with Gasteiger partial charge in [0.2, 0.25) is 5.88 Å². The van der Waals surface area contributed by atoms with Crippen LogP contribution in [0.3, 0.4) is 0 Å². The molecule has 0 bridgehead atoms. The van der Waals surface area contributed by atoms with Crippen molar-refractivity contribution in [1.29, 1.82) is 0 Å². The Balaban J connectivity index is 1.39. The Morgan fingerprint density at radius 3 is 1.65 bits per heavy atom. The Morgan fingerprint density at radius 2 is 1.06 bits per heavy atom. The monoisotopic (exact) mass is 682 g/mol. The van der Waals surface area contributed by atoms with E-state index in [0.29, 0.717) is 5.78 Å². The smallest absolute Gasteiger partial charge is 0.299 e. The van der Waals surface area contributed by atoms with E-state index in [1.807, 2.05) is 12.1 Å². The maximum absolute atomic E-state index is 6.95. The average molecular weight is 683 g/mol. The van der Waals surface area contributed by atoms with Crippen LogP contribution in [0.5, 0.6) is 0 Å². The van der Waals surface area contributed by atoms with Crippen LogP contribution in [0.15, 0.2) is 112 Å². The molecule has 7 aromatic rings. The quantitative estimate of drug-likeness (QED) is 0.170. The summed E-state index contributed by atoms with van der Waals surface area (Å²) >= 11 is 0. The van der Waals surface area contributed by atoms with Crippen molar-refractivity contribution in [2.24, 2.45) is 0 Å². The molecule has 0 amide bonds. The van der Waals surface area contributed by atoms with Crippen LogP contribution in [0.2, 0.25) is 0 Å². The van der Waals surface area contributed by atoms with Crippen LogP contribution in [0.1, 0.15) is 84.6 Å². The largest absolute Gasteiger partial charge is 0.425 e. The van der Waals surface area contributed by atoms with Crippen molar-refractivity contribution in [3.05, 3.63) is 125 Å². The first-order valence-corrected chi connectivity index (χ1v) is 18.6. The van der Waals surface area contributed by atoms with Gasteiger partial charge in [0.05, 0.1) is 5.39 Å². The van der Waals surface area contributed by atoms with E-state index in [4.69, 9.17) is 8.83 Å². The third-order valence-electron chi connectivity index (χ3n) is 11.2. The van der Waals surface area contributed by atoms with Crippen molar-refractivity contribution >= 4 is 79.6 Å². The second-order valence-corrected chi connectivity index (χ2v) is 18.0. The molecule has 0 unspecified atom stereocenters. The molecule has 2 aliphatic heterocycles. The van der Waals surface area contributed by atoms with E-state index < -0.39 is 0 Å². The van der Waals surface area contributed by atoms with Gasteiger partial charge in [-0.1, -0.05) is 117 Å². The van der Waals surface area contributed by atoms with E-state index in [1.165, 1.54) is 44.6 Å². The molecule has 0 N–H and O–H groups in total. The predicted molar refractivity (Wildman–Crippen MR) is 221 cm³/mol. The lowest BCUT2D eigenvalue weighted by Crippen LogP contribution is -2.61. The minimum absolute atomic E-state index is 0.0308. The Morgan fingerprint density at radius 1 is 0.519 bits per heavy atom. The van der Waals surface area contributed by atoms with Crippen LogP contribution in [-0.2, 0) is 16.2 Å². The zero-order chi connectivity index (χ0) is 36.5. The Labute approximate surface area is 308 Å². The highest BCUT2D eigenvalue weighted by Crippen LogP contribution is 2.48. The maximum Gasteiger partial charge on any atom is 0.299 e. The summed E-state index contributed by atoms with van der Waals surface area (Å²) in [5.74, 6) is 1.40. The molecule has 260 valence electrons. The van der Waals surface area contributed by atoms with Crippen molar-refractivity contribution in [2.45, 2.75) is 85.5 Å². The topological polar surface area (TPSA) is 32.8 Å². The number of para-hydroxylation sites is 1. The van der Waals surface area contributed by atoms with Crippen LogP contribution in [0, 0.1) is 6.92 Å². The molecule has 0 radical (unpaired) electrons. The fraction of sp³-hybridized carbons (Fsp3) is 0.277. The molecule has 0 saturated heterocycles. The molecule has 5 heteroatoms. The molecule has 2 aliphatic rings. The molecule has 0 saturated carbocycles. The molecule has 5 aromatic carbocycles. The number of fused-ring (bicyclic) bond motifs is 8. The van der Waals surface area contributed by atoms with Gasteiger partial charge in [0.1, 0.15) is 5.58 Å².